The lowest BCUT2D eigenvalue weighted by Crippen LogP contribution is -2.00. The summed E-state index contributed by atoms with van der Waals surface area (Å²) in [5, 5.41) is 2.37. The fourth-order valence-electron chi connectivity index (χ4n) is 4.93. The molecule has 2 aromatic heterocycles. The molecule has 0 aliphatic heterocycles. The zero-order valence-electron chi connectivity index (χ0n) is 20.3. The third-order valence-electron chi connectivity index (χ3n) is 6.48. The van der Waals surface area contributed by atoms with Crippen LogP contribution in [-0.2, 0) is 0 Å². The Hall–Kier alpha value is -4.82. The van der Waals surface area contributed by atoms with Crippen molar-refractivity contribution in [3.05, 3.63) is 114 Å². The minimum Gasteiger partial charge on any atom is -0.309 e. The summed E-state index contributed by atoms with van der Waals surface area (Å²) in [5.74, 6) is 1.80. The van der Waals surface area contributed by atoms with Crippen LogP contribution in [0, 0.1) is 27.3 Å². The number of hydrogen-bond donors (Lipinski definition) is 0. The monoisotopic (exact) mass is 465 g/mol. The Labute approximate surface area is 209 Å². The summed E-state index contributed by atoms with van der Waals surface area (Å²) in [5.41, 5.74) is 7.99. The molecule has 0 radical (unpaired) electrons. The summed E-state index contributed by atoms with van der Waals surface area (Å²) in [6.45, 7) is 13.5. The third-order valence-corrected chi connectivity index (χ3v) is 6.48. The van der Waals surface area contributed by atoms with Crippen molar-refractivity contribution < 1.29 is 0 Å². The van der Waals surface area contributed by atoms with Gasteiger partial charge in [-0.2, -0.15) is 0 Å². The molecule has 36 heavy (non-hydrogen) atoms. The largest absolute Gasteiger partial charge is 0.309 e. The van der Waals surface area contributed by atoms with Crippen molar-refractivity contribution in [1.29, 1.82) is 0 Å². The normalized spacial score (nSPS) is 11.2. The van der Waals surface area contributed by atoms with Crippen LogP contribution in [-0.4, -0.2) is 19.5 Å². The van der Waals surface area contributed by atoms with Crippen molar-refractivity contribution in [3.8, 4) is 28.2 Å². The first-order chi connectivity index (χ1) is 17.5. The van der Waals surface area contributed by atoms with Gasteiger partial charge in [0.05, 0.1) is 17.6 Å². The van der Waals surface area contributed by atoms with E-state index in [9.17, 15) is 0 Å². The van der Waals surface area contributed by atoms with Crippen LogP contribution in [0.25, 0.3) is 54.9 Å². The standard InChI is InChI=1S/C31H23N5/c1-19-8-7-9-22(16-19)23-12-14-26-25-10-5-6-11-29(25)36(30(26)17-23)24-13-15-28(32-4)27(18-24)31-34-20(2)33-21(3)35-31/h5-18H,1-3H3. The zero-order chi connectivity index (χ0) is 24.8. The van der Waals surface area contributed by atoms with E-state index in [1.165, 1.54) is 21.9 Å². The first kappa shape index (κ1) is 21.7. The molecule has 0 fully saturated rings. The number of fused-ring (bicyclic) bond motifs is 3. The summed E-state index contributed by atoms with van der Waals surface area (Å²) in [6, 6.07) is 29.5. The van der Waals surface area contributed by atoms with Crippen LogP contribution in [0.1, 0.15) is 17.2 Å². The van der Waals surface area contributed by atoms with Gasteiger partial charge in [-0.3, -0.25) is 0 Å². The molecule has 0 spiro atoms. The summed E-state index contributed by atoms with van der Waals surface area (Å²) in [7, 11) is 0. The molecular weight excluding hydrogens is 442 g/mol. The van der Waals surface area contributed by atoms with E-state index in [4.69, 9.17) is 6.57 Å². The maximum absolute atomic E-state index is 7.74. The van der Waals surface area contributed by atoms with E-state index in [2.05, 4.69) is 98.0 Å². The molecule has 5 nitrogen and oxygen atoms in total. The first-order valence-electron chi connectivity index (χ1n) is 11.8. The molecule has 0 unspecified atom stereocenters. The van der Waals surface area contributed by atoms with Gasteiger partial charge in [-0.15, -0.1) is 0 Å². The summed E-state index contributed by atoms with van der Waals surface area (Å²) in [6.07, 6.45) is 0. The predicted octanol–water partition coefficient (Wildman–Crippen LogP) is 7.78. The molecular formula is C31H23N5. The maximum atomic E-state index is 7.74. The quantitative estimate of drug-likeness (QED) is 0.251. The molecule has 5 heteroatoms. The number of para-hydroxylation sites is 1. The van der Waals surface area contributed by atoms with Crippen molar-refractivity contribution in [2.75, 3.05) is 0 Å². The number of benzene rings is 4. The van der Waals surface area contributed by atoms with Gasteiger partial charge in [0.2, 0.25) is 0 Å². The highest BCUT2D eigenvalue weighted by Crippen LogP contribution is 2.37. The van der Waals surface area contributed by atoms with Crippen LogP contribution < -0.4 is 0 Å². The smallest absolute Gasteiger partial charge is 0.198 e. The second-order valence-electron chi connectivity index (χ2n) is 9.02. The Morgan fingerprint density at radius 1 is 0.667 bits per heavy atom. The van der Waals surface area contributed by atoms with Crippen LogP contribution in [0.5, 0.6) is 0 Å². The van der Waals surface area contributed by atoms with E-state index >= 15 is 0 Å². The van der Waals surface area contributed by atoms with E-state index < -0.39 is 0 Å². The topological polar surface area (TPSA) is 48.0 Å². The molecule has 0 aliphatic rings. The summed E-state index contributed by atoms with van der Waals surface area (Å²) in [4.78, 5) is 17.2. The lowest BCUT2D eigenvalue weighted by Gasteiger charge is -2.12. The second kappa shape index (κ2) is 8.44. The fraction of sp³-hybridized carbons (Fsp3) is 0.0968. The van der Waals surface area contributed by atoms with Gasteiger partial charge in [-0.25, -0.2) is 19.8 Å². The third kappa shape index (κ3) is 3.60. The molecule has 172 valence electrons. The highest BCUT2D eigenvalue weighted by atomic mass is 15.0. The Kier molecular flexibility index (Phi) is 5.09. The fourth-order valence-corrected chi connectivity index (χ4v) is 4.93. The molecule has 6 rings (SSSR count). The van der Waals surface area contributed by atoms with Gasteiger partial charge in [-0.1, -0.05) is 66.2 Å². The molecule has 0 amide bonds. The Morgan fingerprint density at radius 2 is 1.42 bits per heavy atom. The minimum absolute atomic E-state index is 0.518. The van der Waals surface area contributed by atoms with Gasteiger partial charge in [0, 0.05) is 22.0 Å². The first-order valence-corrected chi connectivity index (χ1v) is 11.8. The van der Waals surface area contributed by atoms with Crippen molar-refractivity contribution in [1.82, 2.24) is 19.5 Å². The predicted molar refractivity (Wildman–Crippen MR) is 146 cm³/mol. The average Bonchev–Trinajstić information content (AvgIpc) is 3.21. The van der Waals surface area contributed by atoms with Crippen LogP contribution in [0.4, 0.5) is 5.69 Å². The van der Waals surface area contributed by atoms with E-state index in [0.29, 0.717) is 28.7 Å². The zero-order valence-corrected chi connectivity index (χ0v) is 20.3. The number of aryl methyl sites for hydroxylation is 3. The van der Waals surface area contributed by atoms with Gasteiger partial charge in [0.25, 0.3) is 0 Å². The summed E-state index contributed by atoms with van der Waals surface area (Å²) >= 11 is 0. The maximum Gasteiger partial charge on any atom is 0.198 e. The number of hydrogen-bond acceptors (Lipinski definition) is 3. The second-order valence-corrected chi connectivity index (χ2v) is 9.02. The molecule has 0 N–H and O–H groups in total. The van der Waals surface area contributed by atoms with Gasteiger partial charge in [0.1, 0.15) is 11.6 Å². The highest BCUT2D eigenvalue weighted by molar-refractivity contribution is 6.10. The molecule has 0 atom stereocenters. The molecule has 0 bridgehead atoms. The Balaban J connectivity index is 1.64. The average molecular weight is 466 g/mol. The van der Waals surface area contributed by atoms with Crippen LogP contribution in [0.2, 0.25) is 0 Å². The molecule has 0 saturated carbocycles. The van der Waals surface area contributed by atoms with E-state index in [0.717, 1.165) is 22.3 Å². The van der Waals surface area contributed by atoms with Crippen molar-refractivity contribution in [2.24, 2.45) is 0 Å². The highest BCUT2D eigenvalue weighted by Gasteiger charge is 2.16. The molecule has 0 aliphatic carbocycles. The number of nitrogens with zero attached hydrogens (tertiary/aromatic N) is 5. The van der Waals surface area contributed by atoms with Crippen molar-refractivity contribution in [3.63, 3.8) is 0 Å². The number of rotatable bonds is 3. The SMILES string of the molecule is [C-]#[N+]c1ccc(-n2c3ccccc3c3ccc(-c4cccc(C)c4)cc32)cc1-c1nc(C)nc(C)n1. The van der Waals surface area contributed by atoms with E-state index in [-0.39, 0.29) is 0 Å². The van der Waals surface area contributed by atoms with Gasteiger partial charge < -0.3 is 4.57 Å². The van der Waals surface area contributed by atoms with Crippen molar-refractivity contribution >= 4 is 27.5 Å². The lowest BCUT2D eigenvalue weighted by atomic mass is 10.0. The van der Waals surface area contributed by atoms with Crippen LogP contribution in [0.3, 0.4) is 0 Å². The van der Waals surface area contributed by atoms with Gasteiger partial charge in [0.15, 0.2) is 11.5 Å². The number of aromatic nitrogens is 4. The molecule has 4 aromatic carbocycles. The van der Waals surface area contributed by atoms with Crippen LogP contribution in [0.15, 0.2) is 84.9 Å². The minimum atomic E-state index is 0.518. The van der Waals surface area contributed by atoms with Gasteiger partial charge in [-0.05, 0) is 56.2 Å². The van der Waals surface area contributed by atoms with Gasteiger partial charge >= 0.3 is 0 Å². The molecule has 2 heterocycles. The lowest BCUT2D eigenvalue weighted by molar-refractivity contribution is 0.929. The van der Waals surface area contributed by atoms with E-state index in [1.807, 2.05) is 32.0 Å². The molecule has 0 saturated heterocycles. The Bertz CT molecular complexity index is 1820. The molecule has 6 aromatic rings. The van der Waals surface area contributed by atoms with Crippen molar-refractivity contribution in [2.45, 2.75) is 20.8 Å². The van der Waals surface area contributed by atoms with Crippen LogP contribution >= 0.6 is 0 Å². The summed E-state index contributed by atoms with van der Waals surface area (Å²) < 4.78 is 2.27. The van der Waals surface area contributed by atoms with E-state index in [1.54, 1.807) is 0 Å². The Morgan fingerprint density at radius 3 is 2.19 bits per heavy atom.